The summed E-state index contributed by atoms with van der Waals surface area (Å²) in [6, 6.07) is 11.6. The van der Waals surface area contributed by atoms with Gasteiger partial charge in [0, 0.05) is 18.1 Å². The summed E-state index contributed by atoms with van der Waals surface area (Å²) in [5.74, 6) is -0.493. The highest BCUT2D eigenvalue weighted by Crippen LogP contribution is 2.27. The molecule has 0 unspecified atom stereocenters. The van der Waals surface area contributed by atoms with Gasteiger partial charge in [-0.05, 0) is 30.7 Å². The predicted octanol–water partition coefficient (Wildman–Crippen LogP) is 4.22. The number of carbonyl (C=O) groups is 1. The van der Waals surface area contributed by atoms with E-state index in [0.29, 0.717) is 16.7 Å². The molecule has 5 nitrogen and oxygen atoms in total. The first-order valence-electron chi connectivity index (χ1n) is 8.18. The number of carbonyl (C=O) groups excluding carboxylic acids is 1. The van der Waals surface area contributed by atoms with Crippen LogP contribution in [0.15, 0.2) is 46.9 Å². The van der Waals surface area contributed by atoms with E-state index in [1.807, 2.05) is 18.2 Å². The average molecular weight is 357 g/mol. The first kappa shape index (κ1) is 17.9. The van der Waals surface area contributed by atoms with Crippen molar-refractivity contribution in [3.8, 4) is 5.75 Å². The number of rotatable bonds is 6. The number of amides is 1. The molecule has 0 spiro atoms. The molecule has 1 aromatic heterocycles. The zero-order chi connectivity index (χ0) is 18.7. The lowest BCUT2D eigenvalue weighted by Gasteiger charge is -2.15. The number of halogens is 1. The minimum absolute atomic E-state index is 0.159. The molecule has 3 rings (SSSR count). The van der Waals surface area contributed by atoms with Crippen molar-refractivity contribution in [1.82, 2.24) is 5.32 Å². The molecule has 0 aliphatic carbocycles. The molecular weight excluding hydrogens is 337 g/mol. The van der Waals surface area contributed by atoms with Crippen molar-refractivity contribution in [3.05, 3.63) is 65.2 Å². The van der Waals surface area contributed by atoms with E-state index in [-0.39, 0.29) is 24.0 Å². The Bertz CT molecular complexity index is 935. The Morgan fingerprint density at radius 1 is 1.23 bits per heavy atom. The number of nitrogens with one attached hydrogen (secondary N) is 1. The SMILES string of the molecule is COCc1c(C(=O)N[C@@H](C)c2ccc(OC)c(F)c2)oc2ccccc12. The van der Waals surface area contributed by atoms with Gasteiger partial charge in [-0.15, -0.1) is 0 Å². The van der Waals surface area contributed by atoms with Crippen molar-refractivity contribution in [2.24, 2.45) is 0 Å². The highest BCUT2D eigenvalue weighted by Gasteiger charge is 2.22. The fraction of sp³-hybridized carbons (Fsp3) is 0.250. The van der Waals surface area contributed by atoms with Gasteiger partial charge in [0.1, 0.15) is 5.58 Å². The van der Waals surface area contributed by atoms with Crippen LogP contribution in [0, 0.1) is 5.82 Å². The molecule has 3 aromatic rings. The topological polar surface area (TPSA) is 60.7 Å². The van der Waals surface area contributed by atoms with E-state index in [0.717, 1.165) is 5.39 Å². The monoisotopic (exact) mass is 357 g/mol. The number of ether oxygens (including phenoxy) is 2. The van der Waals surface area contributed by atoms with Crippen LogP contribution in [0.5, 0.6) is 5.75 Å². The number of fused-ring (bicyclic) bond motifs is 1. The van der Waals surface area contributed by atoms with Gasteiger partial charge >= 0.3 is 0 Å². The first-order valence-corrected chi connectivity index (χ1v) is 8.18. The first-order chi connectivity index (χ1) is 12.5. The van der Waals surface area contributed by atoms with Crippen molar-refractivity contribution in [1.29, 1.82) is 0 Å². The zero-order valence-corrected chi connectivity index (χ0v) is 14.8. The Balaban J connectivity index is 1.86. The lowest BCUT2D eigenvalue weighted by molar-refractivity contribution is 0.0907. The zero-order valence-electron chi connectivity index (χ0n) is 14.8. The Labute approximate surface area is 150 Å². The third-order valence-electron chi connectivity index (χ3n) is 4.22. The standard InChI is InChI=1S/C20H20FNO4/c1-12(13-8-9-18(25-3)16(21)10-13)22-20(23)19-15(11-24-2)14-6-4-5-7-17(14)26-19/h4-10,12H,11H2,1-3H3,(H,22,23)/t12-/m0/s1. The molecule has 0 saturated heterocycles. The maximum Gasteiger partial charge on any atom is 0.287 e. The number of hydrogen-bond acceptors (Lipinski definition) is 4. The summed E-state index contributed by atoms with van der Waals surface area (Å²) in [5.41, 5.74) is 1.93. The number of para-hydroxylation sites is 1. The van der Waals surface area contributed by atoms with Crippen LogP contribution >= 0.6 is 0 Å². The van der Waals surface area contributed by atoms with Gasteiger partial charge in [0.05, 0.1) is 19.8 Å². The van der Waals surface area contributed by atoms with Crippen molar-refractivity contribution in [3.63, 3.8) is 0 Å². The van der Waals surface area contributed by atoms with E-state index in [2.05, 4.69) is 5.32 Å². The van der Waals surface area contributed by atoms with Gasteiger partial charge < -0.3 is 19.2 Å². The smallest absolute Gasteiger partial charge is 0.287 e. The van der Waals surface area contributed by atoms with Crippen LogP contribution in [0.3, 0.4) is 0 Å². The minimum atomic E-state index is -0.477. The number of benzene rings is 2. The van der Waals surface area contributed by atoms with E-state index >= 15 is 0 Å². The largest absolute Gasteiger partial charge is 0.494 e. The fourth-order valence-electron chi connectivity index (χ4n) is 2.87. The fourth-order valence-corrected chi connectivity index (χ4v) is 2.87. The van der Waals surface area contributed by atoms with Gasteiger partial charge in [-0.3, -0.25) is 4.79 Å². The average Bonchev–Trinajstić information content (AvgIpc) is 3.01. The number of methoxy groups -OCH3 is 2. The van der Waals surface area contributed by atoms with E-state index in [1.54, 1.807) is 26.2 Å². The second kappa shape index (κ2) is 7.58. The van der Waals surface area contributed by atoms with Gasteiger partial charge in [-0.1, -0.05) is 24.3 Å². The van der Waals surface area contributed by atoms with Crippen LogP contribution < -0.4 is 10.1 Å². The van der Waals surface area contributed by atoms with Crippen molar-refractivity contribution < 1.29 is 23.1 Å². The lowest BCUT2D eigenvalue weighted by Crippen LogP contribution is -2.27. The van der Waals surface area contributed by atoms with E-state index < -0.39 is 11.9 Å². The Kier molecular flexibility index (Phi) is 5.23. The maximum absolute atomic E-state index is 13.9. The van der Waals surface area contributed by atoms with Crippen LogP contribution in [0.2, 0.25) is 0 Å². The van der Waals surface area contributed by atoms with Crippen LogP contribution in [0.25, 0.3) is 11.0 Å². The molecule has 1 atom stereocenters. The summed E-state index contributed by atoms with van der Waals surface area (Å²) in [6.45, 7) is 2.03. The Morgan fingerprint density at radius 3 is 2.69 bits per heavy atom. The molecule has 0 saturated carbocycles. The molecule has 6 heteroatoms. The van der Waals surface area contributed by atoms with Crippen LogP contribution in [0.4, 0.5) is 4.39 Å². The quantitative estimate of drug-likeness (QED) is 0.718. The highest BCUT2D eigenvalue weighted by molar-refractivity contribution is 5.99. The summed E-state index contributed by atoms with van der Waals surface area (Å²) < 4.78 is 29.8. The summed E-state index contributed by atoms with van der Waals surface area (Å²) in [5, 5.41) is 3.68. The minimum Gasteiger partial charge on any atom is -0.494 e. The van der Waals surface area contributed by atoms with Gasteiger partial charge in [0.2, 0.25) is 0 Å². The van der Waals surface area contributed by atoms with Gasteiger partial charge in [0.15, 0.2) is 17.3 Å². The van der Waals surface area contributed by atoms with Crippen molar-refractivity contribution in [2.45, 2.75) is 19.6 Å². The van der Waals surface area contributed by atoms with Gasteiger partial charge in [0.25, 0.3) is 5.91 Å². The van der Waals surface area contributed by atoms with E-state index in [1.165, 1.54) is 19.2 Å². The van der Waals surface area contributed by atoms with Crippen molar-refractivity contribution in [2.75, 3.05) is 14.2 Å². The third kappa shape index (κ3) is 3.41. The molecule has 1 heterocycles. The molecular formula is C20H20FNO4. The summed E-state index contributed by atoms with van der Waals surface area (Å²) in [4.78, 5) is 12.7. The number of hydrogen-bond donors (Lipinski definition) is 1. The Morgan fingerprint density at radius 2 is 2.00 bits per heavy atom. The van der Waals surface area contributed by atoms with Crippen LogP contribution in [-0.2, 0) is 11.3 Å². The van der Waals surface area contributed by atoms with Crippen LogP contribution in [-0.4, -0.2) is 20.1 Å². The van der Waals surface area contributed by atoms with Crippen molar-refractivity contribution >= 4 is 16.9 Å². The molecule has 0 bridgehead atoms. The second-order valence-corrected chi connectivity index (χ2v) is 5.93. The highest BCUT2D eigenvalue weighted by atomic mass is 19.1. The summed E-state index contributed by atoms with van der Waals surface area (Å²) in [6.07, 6.45) is 0. The van der Waals surface area contributed by atoms with E-state index in [4.69, 9.17) is 13.9 Å². The molecule has 2 aromatic carbocycles. The molecule has 1 amide bonds. The maximum atomic E-state index is 13.9. The lowest BCUT2D eigenvalue weighted by atomic mass is 10.1. The molecule has 26 heavy (non-hydrogen) atoms. The van der Waals surface area contributed by atoms with Crippen LogP contribution in [0.1, 0.15) is 34.6 Å². The molecule has 0 radical (unpaired) electrons. The summed E-state index contributed by atoms with van der Waals surface area (Å²) in [7, 11) is 2.97. The molecule has 0 aliphatic heterocycles. The summed E-state index contributed by atoms with van der Waals surface area (Å²) >= 11 is 0. The Hall–Kier alpha value is -2.86. The third-order valence-corrected chi connectivity index (χ3v) is 4.22. The van der Waals surface area contributed by atoms with Gasteiger partial charge in [-0.25, -0.2) is 4.39 Å². The second-order valence-electron chi connectivity index (χ2n) is 5.93. The molecule has 1 N–H and O–H groups in total. The van der Waals surface area contributed by atoms with E-state index in [9.17, 15) is 9.18 Å². The molecule has 136 valence electrons. The molecule has 0 aliphatic rings. The van der Waals surface area contributed by atoms with Gasteiger partial charge in [-0.2, -0.15) is 0 Å². The molecule has 0 fully saturated rings. The predicted molar refractivity (Wildman–Crippen MR) is 95.8 cm³/mol. The number of furan rings is 1. The normalized spacial score (nSPS) is 12.2.